The summed E-state index contributed by atoms with van der Waals surface area (Å²) in [6.07, 6.45) is 1.93. The summed E-state index contributed by atoms with van der Waals surface area (Å²) in [4.78, 5) is 18.4. The van der Waals surface area contributed by atoms with Crippen molar-refractivity contribution in [1.29, 1.82) is 0 Å². The van der Waals surface area contributed by atoms with Gasteiger partial charge in [0, 0.05) is 4.88 Å². The third kappa shape index (κ3) is 1.17. The third-order valence-electron chi connectivity index (χ3n) is 1.40. The lowest BCUT2D eigenvalue weighted by molar-refractivity contribution is -0.117. The van der Waals surface area contributed by atoms with Crippen molar-refractivity contribution in [3.63, 3.8) is 0 Å². The summed E-state index contributed by atoms with van der Waals surface area (Å²) in [6, 6.07) is 0. The summed E-state index contributed by atoms with van der Waals surface area (Å²) >= 11 is 6.35. The number of rotatable bonds is 0. The molecule has 1 aliphatic heterocycles. The van der Waals surface area contributed by atoms with Gasteiger partial charge in [-0.1, -0.05) is 0 Å². The summed E-state index contributed by atoms with van der Waals surface area (Å²) in [6.45, 7) is 0. The summed E-state index contributed by atoms with van der Waals surface area (Å²) in [5.74, 6) is -0.0947. The average Bonchev–Trinajstić information content (AvgIpc) is 2.27. The van der Waals surface area contributed by atoms with Crippen LogP contribution in [-0.2, 0) is 11.2 Å². The predicted molar refractivity (Wildman–Crippen MR) is 45.8 cm³/mol. The number of carbonyl (C=O) groups is 1. The second-order valence-corrected chi connectivity index (χ2v) is 3.95. The third-order valence-corrected chi connectivity index (χ3v) is 2.65. The zero-order valence-corrected chi connectivity index (χ0v) is 7.09. The van der Waals surface area contributed by atoms with E-state index in [1.165, 1.54) is 17.6 Å². The maximum atomic E-state index is 10.8. The van der Waals surface area contributed by atoms with Crippen molar-refractivity contribution in [2.75, 3.05) is 0 Å². The molecule has 0 radical (unpaired) electrons. The van der Waals surface area contributed by atoms with Crippen molar-refractivity contribution in [3.8, 4) is 0 Å². The van der Waals surface area contributed by atoms with Gasteiger partial charge in [-0.05, 0) is 12.2 Å². The van der Waals surface area contributed by atoms with Crippen molar-refractivity contribution < 1.29 is 4.79 Å². The van der Waals surface area contributed by atoms with Crippen LogP contribution < -0.4 is 0 Å². The summed E-state index contributed by atoms with van der Waals surface area (Å²) in [7, 11) is 0. The molecule has 56 valence electrons. The molecule has 1 aromatic heterocycles. The summed E-state index contributed by atoms with van der Waals surface area (Å²) < 4.78 is 0.705. The second-order valence-electron chi connectivity index (χ2n) is 2.18. The van der Waals surface area contributed by atoms with Crippen LogP contribution in [0.15, 0.2) is 4.99 Å². The molecule has 0 saturated carbocycles. The van der Waals surface area contributed by atoms with E-state index < -0.39 is 0 Å². The summed E-state index contributed by atoms with van der Waals surface area (Å²) in [5, 5.41) is 0. The molecule has 0 fully saturated rings. The highest BCUT2D eigenvalue weighted by Crippen LogP contribution is 2.17. The Bertz CT molecular complexity index is 388. The number of carbonyl (C=O) groups excluding carboxylic acids is 1. The van der Waals surface area contributed by atoms with E-state index in [1.807, 2.05) is 0 Å². The van der Waals surface area contributed by atoms with E-state index in [2.05, 4.69) is 9.98 Å². The van der Waals surface area contributed by atoms with Gasteiger partial charge in [0.15, 0.2) is 3.95 Å². The highest BCUT2D eigenvalue weighted by atomic mass is 32.1. The number of hydrogen-bond donors (Lipinski definition) is 1. The predicted octanol–water partition coefficient (Wildman–Crippen LogP) is 1.31. The van der Waals surface area contributed by atoms with E-state index >= 15 is 0 Å². The van der Waals surface area contributed by atoms with Crippen molar-refractivity contribution in [3.05, 3.63) is 14.5 Å². The van der Waals surface area contributed by atoms with Gasteiger partial charge in [0.05, 0.1) is 18.3 Å². The quantitative estimate of drug-likeness (QED) is 0.618. The van der Waals surface area contributed by atoms with E-state index in [0.717, 1.165) is 10.6 Å². The monoisotopic (exact) mass is 184 g/mol. The molecule has 0 atom stereocenters. The molecule has 0 bridgehead atoms. The van der Waals surface area contributed by atoms with Gasteiger partial charge in [-0.25, -0.2) is 4.99 Å². The van der Waals surface area contributed by atoms with Crippen LogP contribution in [0.5, 0.6) is 0 Å². The second kappa shape index (κ2) is 2.35. The minimum Gasteiger partial charge on any atom is -0.336 e. The van der Waals surface area contributed by atoms with Crippen LogP contribution in [0.1, 0.15) is 10.6 Å². The molecule has 1 amide bonds. The van der Waals surface area contributed by atoms with Crippen molar-refractivity contribution in [2.24, 2.45) is 4.99 Å². The Kier molecular flexibility index (Phi) is 1.47. The number of fused-ring (bicyclic) bond motifs is 1. The van der Waals surface area contributed by atoms with E-state index in [4.69, 9.17) is 12.2 Å². The zero-order valence-electron chi connectivity index (χ0n) is 5.46. The Morgan fingerprint density at radius 1 is 1.73 bits per heavy atom. The Balaban J connectivity index is 2.61. The van der Waals surface area contributed by atoms with Gasteiger partial charge < -0.3 is 4.98 Å². The molecule has 0 aromatic carbocycles. The van der Waals surface area contributed by atoms with Crippen molar-refractivity contribution >= 4 is 35.7 Å². The lowest BCUT2D eigenvalue weighted by Crippen LogP contribution is -2.06. The van der Waals surface area contributed by atoms with Gasteiger partial charge in [0.25, 0.3) is 5.91 Å². The van der Waals surface area contributed by atoms with Gasteiger partial charge in [-0.2, -0.15) is 0 Å². The van der Waals surface area contributed by atoms with Crippen LogP contribution >= 0.6 is 23.6 Å². The SMILES string of the molecule is O=C1Cc2sc(=S)[nH]c2C=N1. The van der Waals surface area contributed by atoms with Gasteiger partial charge in [0.1, 0.15) is 0 Å². The number of nitrogens with zero attached hydrogens (tertiary/aromatic N) is 1. The molecule has 2 heterocycles. The van der Waals surface area contributed by atoms with Crippen LogP contribution in [0.25, 0.3) is 0 Å². The van der Waals surface area contributed by atoms with Crippen LogP contribution in [0.4, 0.5) is 0 Å². The van der Waals surface area contributed by atoms with Gasteiger partial charge in [0.2, 0.25) is 0 Å². The number of hydrogen-bond acceptors (Lipinski definition) is 3. The maximum Gasteiger partial charge on any atom is 0.251 e. The largest absolute Gasteiger partial charge is 0.336 e. The molecule has 0 spiro atoms. The van der Waals surface area contributed by atoms with Gasteiger partial charge in [-0.3, -0.25) is 4.79 Å². The Hall–Kier alpha value is -0.810. The molecule has 0 saturated heterocycles. The lowest BCUT2D eigenvalue weighted by atomic mass is 10.2. The minimum absolute atomic E-state index is 0.0947. The number of aromatic amines is 1. The number of thiazole rings is 1. The van der Waals surface area contributed by atoms with E-state index in [-0.39, 0.29) is 5.91 Å². The molecule has 11 heavy (non-hydrogen) atoms. The van der Waals surface area contributed by atoms with E-state index in [0.29, 0.717) is 10.4 Å². The Morgan fingerprint density at radius 2 is 2.55 bits per heavy atom. The molecule has 0 aliphatic carbocycles. The minimum atomic E-state index is -0.0947. The highest BCUT2D eigenvalue weighted by molar-refractivity contribution is 7.73. The molecule has 0 unspecified atom stereocenters. The van der Waals surface area contributed by atoms with Crippen LogP contribution in [0.3, 0.4) is 0 Å². The van der Waals surface area contributed by atoms with Crippen LogP contribution in [-0.4, -0.2) is 17.1 Å². The first-order valence-corrected chi connectivity index (χ1v) is 4.27. The number of H-pyrrole nitrogens is 1. The standard InChI is InChI=1S/C6H4N2OS2/c9-5-1-4-3(2-7-5)8-6(10)11-4/h2H,1H2,(H,8,10). The topological polar surface area (TPSA) is 45.2 Å². The van der Waals surface area contributed by atoms with Crippen molar-refractivity contribution in [2.45, 2.75) is 6.42 Å². The first kappa shape index (κ1) is 6.87. The van der Waals surface area contributed by atoms with E-state index in [9.17, 15) is 4.79 Å². The van der Waals surface area contributed by atoms with Crippen molar-refractivity contribution in [1.82, 2.24) is 4.98 Å². The Morgan fingerprint density at radius 3 is 3.36 bits per heavy atom. The molecular formula is C6H4N2OS2. The molecule has 1 N–H and O–H groups in total. The maximum absolute atomic E-state index is 10.8. The van der Waals surface area contributed by atoms with Gasteiger partial charge >= 0.3 is 0 Å². The Labute approximate surface area is 71.8 Å². The molecular weight excluding hydrogens is 180 g/mol. The molecule has 1 aliphatic rings. The first-order valence-electron chi connectivity index (χ1n) is 3.04. The lowest BCUT2D eigenvalue weighted by Gasteiger charge is -1.99. The smallest absolute Gasteiger partial charge is 0.251 e. The number of aromatic nitrogens is 1. The van der Waals surface area contributed by atoms with E-state index in [1.54, 1.807) is 0 Å². The fourth-order valence-corrected chi connectivity index (χ4v) is 2.13. The van der Waals surface area contributed by atoms with Crippen LogP contribution in [0, 0.1) is 3.95 Å². The molecule has 2 rings (SSSR count). The molecule has 5 heteroatoms. The first-order chi connectivity index (χ1) is 5.25. The fraction of sp³-hybridized carbons (Fsp3) is 0.167. The highest BCUT2D eigenvalue weighted by Gasteiger charge is 2.13. The van der Waals surface area contributed by atoms with Gasteiger partial charge in [-0.15, -0.1) is 11.3 Å². The van der Waals surface area contributed by atoms with Crippen LogP contribution in [0.2, 0.25) is 0 Å². The normalized spacial score (nSPS) is 15.1. The fourth-order valence-electron chi connectivity index (χ4n) is 0.927. The summed E-state index contributed by atoms with van der Waals surface area (Å²) in [5.41, 5.74) is 0.889. The number of aliphatic imine (C=N–C) groups is 1. The number of amides is 1. The number of nitrogens with one attached hydrogen (secondary N) is 1. The zero-order chi connectivity index (χ0) is 7.84. The molecule has 3 nitrogen and oxygen atoms in total. The average molecular weight is 184 g/mol. The molecule has 1 aromatic rings.